The van der Waals surface area contributed by atoms with Gasteiger partial charge in [0.05, 0.1) is 15.9 Å². The third-order valence-corrected chi connectivity index (χ3v) is 7.50. The molecule has 0 saturated carbocycles. The van der Waals surface area contributed by atoms with Crippen LogP contribution in [-0.4, -0.2) is 41.9 Å². The lowest BCUT2D eigenvalue weighted by atomic mass is 9.84. The van der Waals surface area contributed by atoms with Crippen LogP contribution in [0.15, 0.2) is 29.3 Å². The predicted octanol–water partition coefficient (Wildman–Crippen LogP) is 2.93. The first-order valence-corrected chi connectivity index (χ1v) is 10.9. The molecule has 2 aliphatic heterocycles. The number of aromatic amines is 1. The van der Waals surface area contributed by atoms with Crippen molar-refractivity contribution in [3.8, 4) is 11.1 Å². The van der Waals surface area contributed by atoms with Gasteiger partial charge in [-0.2, -0.15) is 10.1 Å². The SMILES string of the molecule is Cn1cc2c(Cl)c(-c3c[nH]c4nc(N5[C@H]6CC[C@@H]5[C@](C)(N)C6)n(C)c(=O)c34)ccc2n1. The number of hydrogen-bond acceptors (Lipinski definition) is 5. The number of rotatable bonds is 2. The first-order valence-electron chi connectivity index (χ1n) is 10.5. The van der Waals surface area contributed by atoms with E-state index in [2.05, 4.69) is 21.9 Å². The van der Waals surface area contributed by atoms with Gasteiger partial charge < -0.3 is 15.6 Å². The zero-order valence-electron chi connectivity index (χ0n) is 17.7. The second-order valence-electron chi connectivity index (χ2n) is 9.23. The van der Waals surface area contributed by atoms with E-state index < -0.39 is 0 Å². The Morgan fingerprint density at radius 2 is 2.06 bits per heavy atom. The summed E-state index contributed by atoms with van der Waals surface area (Å²) in [4.78, 5) is 23.9. The number of nitrogens with one attached hydrogen (secondary N) is 1. The molecule has 0 radical (unpaired) electrons. The van der Waals surface area contributed by atoms with Gasteiger partial charge in [0.15, 0.2) is 0 Å². The molecule has 0 amide bonds. The highest BCUT2D eigenvalue weighted by atomic mass is 35.5. The average molecular weight is 438 g/mol. The van der Waals surface area contributed by atoms with Gasteiger partial charge in [-0.3, -0.25) is 14.0 Å². The van der Waals surface area contributed by atoms with Gasteiger partial charge in [0, 0.05) is 60.6 Å². The minimum Gasteiger partial charge on any atom is -0.345 e. The van der Waals surface area contributed by atoms with Crippen molar-refractivity contribution in [3.63, 3.8) is 0 Å². The van der Waals surface area contributed by atoms with Crippen molar-refractivity contribution in [2.75, 3.05) is 4.90 Å². The Balaban J connectivity index is 1.54. The fourth-order valence-electron chi connectivity index (χ4n) is 5.66. The van der Waals surface area contributed by atoms with Gasteiger partial charge in [0.2, 0.25) is 5.95 Å². The highest BCUT2D eigenvalue weighted by Crippen LogP contribution is 2.45. The molecule has 2 saturated heterocycles. The van der Waals surface area contributed by atoms with Crippen molar-refractivity contribution in [2.24, 2.45) is 19.8 Å². The maximum absolute atomic E-state index is 13.5. The lowest BCUT2D eigenvalue weighted by molar-refractivity contribution is 0.367. The second-order valence-corrected chi connectivity index (χ2v) is 9.61. The summed E-state index contributed by atoms with van der Waals surface area (Å²) in [7, 11) is 3.65. The van der Waals surface area contributed by atoms with Crippen LogP contribution in [0.3, 0.4) is 0 Å². The zero-order chi connectivity index (χ0) is 21.7. The third kappa shape index (κ3) is 2.49. The number of benzene rings is 1. The maximum Gasteiger partial charge on any atom is 0.264 e. The third-order valence-electron chi connectivity index (χ3n) is 7.09. The van der Waals surface area contributed by atoms with Gasteiger partial charge in [-0.25, -0.2) is 0 Å². The van der Waals surface area contributed by atoms with Gasteiger partial charge >= 0.3 is 0 Å². The molecule has 0 aliphatic carbocycles. The van der Waals surface area contributed by atoms with E-state index in [0.29, 0.717) is 28.0 Å². The summed E-state index contributed by atoms with van der Waals surface area (Å²) in [5, 5.41) is 6.38. The predicted molar refractivity (Wildman–Crippen MR) is 123 cm³/mol. The van der Waals surface area contributed by atoms with Crippen molar-refractivity contribution in [2.45, 2.75) is 43.8 Å². The van der Waals surface area contributed by atoms with Crippen molar-refractivity contribution >= 4 is 39.5 Å². The number of aromatic nitrogens is 5. The Morgan fingerprint density at radius 1 is 1.26 bits per heavy atom. The summed E-state index contributed by atoms with van der Waals surface area (Å²) < 4.78 is 3.39. The smallest absolute Gasteiger partial charge is 0.264 e. The number of fused-ring (bicyclic) bond motifs is 4. The molecule has 3 aromatic heterocycles. The van der Waals surface area contributed by atoms with E-state index in [4.69, 9.17) is 22.3 Å². The van der Waals surface area contributed by atoms with E-state index in [9.17, 15) is 4.79 Å². The van der Waals surface area contributed by atoms with Gasteiger partial charge in [-0.05, 0) is 32.3 Å². The van der Waals surface area contributed by atoms with Crippen molar-refractivity contribution in [1.29, 1.82) is 0 Å². The van der Waals surface area contributed by atoms with E-state index in [0.717, 1.165) is 41.3 Å². The van der Waals surface area contributed by atoms with Crippen LogP contribution < -0.4 is 16.2 Å². The number of anilines is 1. The van der Waals surface area contributed by atoms with Crippen LogP contribution >= 0.6 is 11.6 Å². The number of aryl methyl sites for hydroxylation is 1. The van der Waals surface area contributed by atoms with Gasteiger partial charge in [-0.15, -0.1) is 0 Å². The molecule has 5 heterocycles. The fourth-order valence-corrected chi connectivity index (χ4v) is 5.97. The highest BCUT2D eigenvalue weighted by Gasteiger charge is 2.52. The molecular weight excluding hydrogens is 414 g/mol. The quantitative estimate of drug-likeness (QED) is 0.502. The molecule has 3 atom stereocenters. The zero-order valence-corrected chi connectivity index (χ0v) is 18.4. The molecule has 3 N–H and O–H groups in total. The summed E-state index contributed by atoms with van der Waals surface area (Å²) in [6.45, 7) is 2.10. The van der Waals surface area contributed by atoms with Gasteiger partial charge in [0.25, 0.3) is 5.56 Å². The van der Waals surface area contributed by atoms with Crippen molar-refractivity contribution < 1.29 is 0 Å². The monoisotopic (exact) mass is 437 g/mol. The molecule has 4 aromatic rings. The Labute approximate surface area is 183 Å². The molecule has 1 aromatic carbocycles. The molecule has 2 bridgehead atoms. The molecule has 6 rings (SSSR count). The number of hydrogen-bond donors (Lipinski definition) is 2. The van der Waals surface area contributed by atoms with E-state index in [1.54, 1.807) is 16.3 Å². The van der Waals surface area contributed by atoms with Crippen LogP contribution in [0.5, 0.6) is 0 Å². The lowest BCUT2D eigenvalue weighted by Crippen LogP contribution is -2.49. The Hall–Kier alpha value is -2.84. The highest BCUT2D eigenvalue weighted by molar-refractivity contribution is 6.38. The number of nitrogens with zero attached hydrogens (tertiary/aromatic N) is 5. The van der Waals surface area contributed by atoms with Crippen LogP contribution in [0.1, 0.15) is 26.2 Å². The summed E-state index contributed by atoms with van der Waals surface area (Å²) >= 11 is 6.73. The first kappa shape index (κ1) is 18.9. The van der Waals surface area contributed by atoms with Crippen molar-refractivity contribution in [1.82, 2.24) is 24.3 Å². The first-order chi connectivity index (χ1) is 14.8. The Kier molecular flexibility index (Phi) is 3.72. The van der Waals surface area contributed by atoms with Crippen LogP contribution in [0.4, 0.5) is 5.95 Å². The molecule has 31 heavy (non-hydrogen) atoms. The Bertz CT molecular complexity index is 1430. The fraction of sp³-hybridized carbons (Fsp3) is 0.409. The van der Waals surface area contributed by atoms with Crippen LogP contribution in [0, 0.1) is 0 Å². The van der Waals surface area contributed by atoms with Gasteiger partial charge in [-0.1, -0.05) is 17.7 Å². The Morgan fingerprint density at radius 3 is 2.77 bits per heavy atom. The summed E-state index contributed by atoms with van der Waals surface area (Å²) in [5.41, 5.74) is 9.12. The second kappa shape index (κ2) is 6.11. The van der Waals surface area contributed by atoms with Crippen LogP contribution in [-0.2, 0) is 14.1 Å². The minimum absolute atomic E-state index is 0.0939. The van der Waals surface area contributed by atoms with E-state index in [1.165, 1.54) is 0 Å². The topological polar surface area (TPSA) is 97.8 Å². The molecule has 2 aliphatic rings. The summed E-state index contributed by atoms with van der Waals surface area (Å²) in [5.74, 6) is 0.682. The number of nitrogens with two attached hydrogens (primary N) is 1. The number of halogens is 1. The summed E-state index contributed by atoms with van der Waals surface area (Å²) in [6, 6.07) is 4.36. The van der Waals surface area contributed by atoms with E-state index in [-0.39, 0.29) is 17.1 Å². The van der Waals surface area contributed by atoms with Crippen LogP contribution in [0.25, 0.3) is 33.1 Å². The van der Waals surface area contributed by atoms with Crippen LogP contribution in [0.2, 0.25) is 5.02 Å². The minimum atomic E-state index is -0.261. The van der Waals surface area contributed by atoms with E-state index >= 15 is 0 Å². The van der Waals surface area contributed by atoms with Gasteiger partial charge in [0.1, 0.15) is 5.65 Å². The molecule has 8 nitrogen and oxygen atoms in total. The molecule has 0 unspecified atom stereocenters. The average Bonchev–Trinajstić information content (AvgIpc) is 3.45. The maximum atomic E-state index is 13.5. The summed E-state index contributed by atoms with van der Waals surface area (Å²) in [6.07, 6.45) is 6.74. The normalized spacial score (nSPS) is 25.4. The van der Waals surface area contributed by atoms with E-state index in [1.807, 2.05) is 31.6 Å². The van der Waals surface area contributed by atoms with Crippen molar-refractivity contribution in [3.05, 3.63) is 39.9 Å². The molecular formula is C22H24ClN7O. The molecule has 160 valence electrons. The lowest BCUT2D eigenvalue weighted by Gasteiger charge is -2.30. The largest absolute Gasteiger partial charge is 0.345 e. The molecule has 2 fully saturated rings. The molecule has 9 heteroatoms. The molecule has 0 spiro atoms. The standard InChI is InChI=1S/C22H24ClN7O/c1-22(24)8-11-4-7-16(22)30(11)21-26-19-17(20(31)29(21)3)13(9-25-19)12-5-6-15-14(18(12)23)10-28(2)27-15/h5-6,9-11,16,25H,4,7-8,24H2,1-3H3/t11-,16+,22+/m0/s1. The number of H-pyrrole nitrogens is 1.